The van der Waals surface area contributed by atoms with E-state index in [0.717, 1.165) is 11.1 Å². The van der Waals surface area contributed by atoms with E-state index in [0.29, 0.717) is 18.6 Å². The lowest BCUT2D eigenvalue weighted by atomic mass is 9.70. The van der Waals surface area contributed by atoms with E-state index in [2.05, 4.69) is 0 Å². The zero-order valence-electron chi connectivity index (χ0n) is 10.2. The molecule has 0 heterocycles. The van der Waals surface area contributed by atoms with Gasteiger partial charge in [-0.05, 0) is 41.9 Å². The molecule has 0 fully saturated rings. The summed E-state index contributed by atoms with van der Waals surface area (Å²) >= 11 is 0. The predicted molar refractivity (Wildman–Crippen MR) is 65.1 cm³/mol. The fourth-order valence-corrected chi connectivity index (χ4v) is 2.97. The molecule has 1 aliphatic carbocycles. The number of hydrogen-bond donors (Lipinski definition) is 2. The smallest absolute Gasteiger partial charge is 0.307 e. The molecular formula is C14H18O3. The molecule has 0 saturated heterocycles. The van der Waals surface area contributed by atoms with Gasteiger partial charge in [-0.2, -0.15) is 0 Å². The minimum absolute atomic E-state index is 0.00310. The Labute approximate surface area is 101 Å². The Balaban J connectivity index is 2.50. The highest BCUT2D eigenvalue weighted by Gasteiger charge is 2.36. The lowest BCUT2D eigenvalue weighted by Crippen LogP contribution is -2.30. The summed E-state index contributed by atoms with van der Waals surface area (Å²) < 4.78 is 0. The summed E-state index contributed by atoms with van der Waals surface area (Å²) in [5.74, 6) is -0.487. The van der Waals surface area contributed by atoms with Gasteiger partial charge in [-0.1, -0.05) is 26.0 Å². The lowest BCUT2D eigenvalue weighted by Gasteiger charge is -2.34. The topological polar surface area (TPSA) is 57.5 Å². The number of fused-ring (bicyclic) bond motifs is 1. The molecule has 92 valence electrons. The van der Waals surface area contributed by atoms with Crippen LogP contribution in [0.25, 0.3) is 0 Å². The highest BCUT2D eigenvalue weighted by Crippen LogP contribution is 2.43. The van der Waals surface area contributed by atoms with E-state index >= 15 is 0 Å². The van der Waals surface area contributed by atoms with E-state index in [1.807, 2.05) is 19.9 Å². The van der Waals surface area contributed by atoms with Gasteiger partial charge < -0.3 is 10.2 Å². The van der Waals surface area contributed by atoms with E-state index in [-0.39, 0.29) is 17.8 Å². The van der Waals surface area contributed by atoms with Crippen LogP contribution in [0.5, 0.6) is 5.75 Å². The molecule has 0 amide bonds. The van der Waals surface area contributed by atoms with Gasteiger partial charge in [0.15, 0.2) is 0 Å². The summed E-state index contributed by atoms with van der Waals surface area (Å²) in [4.78, 5) is 11.3. The summed E-state index contributed by atoms with van der Waals surface area (Å²) in [5, 5.41) is 19.1. The molecule has 0 aromatic heterocycles. The number of rotatable bonds is 2. The molecule has 17 heavy (non-hydrogen) atoms. The molecule has 0 saturated carbocycles. The van der Waals surface area contributed by atoms with Crippen molar-refractivity contribution >= 4 is 5.97 Å². The van der Waals surface area contributed by atoms with Crippen LogP contribution in [-0.4, -0.2) is 16.2 Å². The van der Waals surface area contributed by atoms with Crippen molar-refractivity contribution in [3.63, 3.8) is 0 Å². The average Bonchev–Trinajstić information content (AvgIpc) is 2.27. The zero-order valence-corrected chi connectivity index (χ0v) is 10.2. The number of hydrogen-bond acceptors (Lipinski definition) is 2. The number of aromatic hydroxyl groups is 1. The molecule has 2 unspecified atom stereocenters. The fraction of sp³-hybridized carbons (Fsp3) is 0.500. The molecule has 0 bridgehead atoms. The van der Waals surface area contributed by atoms with Gasteiger partial charge in [0.05, 0.1) is 5.92 Å². The first-order valence-corrected chi connectivity index (χ1v) is 6.06. The second-order valence-electron chi connectivity index (χ2n) is 5.10. The Hall–Kier alpha value is -1.51. The third kappa shape index (κ3) is 2.02. The van der Waals surface area contributed by atoms with E-state index in [4.69, 9.17) is 0 Å². The van der Waals surface area contributed by atoms with Crippen LogP contribution in [0.4, 0.5) is 0 Å². The van der Waals surface area contributed by atoms with Crippen LogP contribution in [0.3, 0.4) is 0 Å². The monoisotopic (exact) mass is 234 g/mol. The van der Waals surface area contributed by atoms with Crippen LogP contribution in [0, 0.1) is 11.8 Å². The Bertz CT molecular complexity index is 437. The quantitative estimate of drug-likeness (QED) is 0.827. The van der Waals surface area contributed by atoms with Crippen LogP contribution in [0.1, 0.15) is 37.3 Å². The van der Waals surface area contributed by atoms with Crippen molar-refractivity contribution in [2.75, 3.05) is 0 Å². The molecule has 2 atom stereocenters. The van der Waals surface area contributed by atoms with Crippen molar-refractivity contribution in [2.24, 2.45) is 11.8 Å². The molecule has 0 radical (unpaired) electrons. The van der Waals surface area contributed by atoms with Gasteiger partial charge in [0.25, 0.3) is 0 Å². The Morgan fingerprint density at radius 1 is 1.41 bits per heavy atom. The summed E-state index contributed by atoms with van der Waals surface area (Å²) in [5.41, 5.74) is 1.95. The molecule has 3 nitrogen and oxygen atoms in total. The van der Waals surface area contributed by atoms with Gasteiger partial charge in [0.1, 0.15) is 5.75 Å². The average molecular weight is 234 g/mol. The number of benzene rings is 1. The van der Waals surface area contributed by atoms with Gasteiger partial charge in [-0.15, -0.1) is 0 Å². The molecule has 0 spiro atoms. The second kappa shape index (κ2) is 4.40. The van der Waals surface area contributed by atoms with E-state index in [1.54, 1.807) is 12.1 Å². The minimum Gasteiger partial charge on any atom is -0.508 e. The third-order valence-corrected chi connectivity index (χ3v) is 3.72. The molecule has 1 aromatic carbocycles. The van der Waals surface area contributed by atoms with Gasteiger partial charge >= 0.3 is 5.97 Å². The molecule has 3 heteroatoms. The van der Waals surface area contributed by atoms with Crippen molar-refractivity contribution in [2.45, 2.75) is 32.6 Å². The normalized spacial score (nSPS) is 23.5. The van der Waals surface area contributed by atoms with E-state index in [9.17, 15) is 15.0 Å². The van der Waals surface area contributed by atoms with Crippen LogP contribution in [0.15, 0.2) is 18.2 Å². The largest absolute Gasteiger partial charge is 0.508 e. The number of aliphatic carboxylic acids is 1. The molecule has 0 aliphatic heterocycles. The van der Waals surface area contributed by atoms with Crippen molar-refractivity contribution < 1.29 is 15.0 Å². The van der Waals surface area contributed by atoms with E-state index in [1.165, 1.54) is 0 Å². The summed E-state index contributed by atoms with van der Waals surface area (Å²) in [6, 6.07) is 5.43. The van der Waals surface area contributed by atoms with Gasteiger partial charge in [0, 0.05) is 0 Å². The summed E-state index contributed by atoms with van der Waals surface area (Å²) in [6.45, 7) is 4.08. The first kappa shape index (κ1) is 12.0. The third-order valence-electron chi connectivity index (χ3n) is 3.72. The Morgan fingerprint density at radius 3 is 2.71 bits per heavy atom. The number of carboxylic acids is 1. The Morgan fingerprint density at radius 2 is 2.12 bits per heavy atom. The van der Waals surface area contributed by atoms with Crippen molar-refractivity contribution in [3.05, 3.63) is 29.3 Å². The van der Waals surface area contributed by atoms with Crippen molar-refractivity contribution in [1.82, 2.24) is 0 Å². The molecule has 1 aromatic rings. The first-order chi connectivity index (χ1) is 8.02. The van der Waals surface area contributed by atoms with Crippen LogP contribution in [-0.2, 0) is 11.2 Å². The highest BCUT2D eigenvalue weighted by atomic mass is 16.4. The maximum Gasteiger partial charge on any atom is 0.307 e. The number of phenols is 1. The van der Waals surface area contributed by atoms with Gasteiger partial charge in [0.2, 0.25) is 0 Å². The summed E-state index contributed by atoms with van der Waals surface area (Å²) in [7, 11) is 0. The molecular weight excluding hydrogens is 216 g/mol. The second-order valence-corrected chi connectivity index (χ2v) is 5.10. The van der Waals surface area contributed by atoms with Crippen molar-refractivity contribution in [3.8, 4) is 5.75 Å². The minimum atomic E-state index is -0.724. The maximum atomic E-state index is 11.3. The fourth-order valence-electron chi connectivity index (χ4n) is 2.97. The van der Waals surface area contributed by atoms with Crippen molar-refractivity contribution in [1.29, 1.82) is 0 Å². The molecule has 2 N–H and O–H groups in total. The SMILES string of the molecule is CC(C)C1c2cccc(O)c2CCC1C(=O)O. The Kier molecular flexibility index (Phi) is 3.09. The maximum absolute atomic E-state index is 11.3. The first-order valence-electron chi connectivity index (χ1n) is 6.06. The molecule has 2 rings (SSSR count). The van der Waals surface area contributed by atoms with E-state index < -0.39 is 5.97 Å². The summed E-state index contributed by atoms with van der Waals surface area (Å²) in [6.07, 6.45) is 1.27. The number of phenolic OH excluding ortho intramolecular Hbond substituents is 1. The predicted octanol–water partition coefficient (Wildman–Crippen LogP) is 2.78. The van der Waals surface area contributed by atoms with Crippen LogP contribution >= 0.6 is 0 Å². The zero-order chi connectivity index (χ0) is 12.6. The van der Waals surface area contributed by atoms with Crippen LogP contribution < -0.4 is 0 Å². The number of carbonyl (C=O) groups is 1. The molecule has 1 aliphatic rings. The van der Waals surface area contributed by atoms with Gasteiger partial charge in [-0.3, -0.25) is 4.79 Å². The van der Waals surface area contributed by atoms with Crippen LogP contribution in [0.2, 0.25) is 0 Å². The number of carboxylic acid groups (broad SMARTS) is 1. The lowest BCUT2D eigenvalue weighted by molar-refractivity contribution is -0.143. The standard InChI is InChI=1S/C14H18O3/c1-8(2)13-10-4-3-5-12(15)9(10)6-7-11(13)14(16)17/h3-5,8,11,13,15H,6-7H2,1-2H3,(H,16,17). The van der Waals surface area contributed by atoms with Gasteiger partial charge in [-0.25, -0.2) is 0 Å². The highest BCUT2D eigenvalue weighted by molar-refractivity contribution is 5.72.